The molecular weight excluding hydrogens is 246 g/mol. The minimum absolute atomic E-state index is 0.0513. The Hall–Kier alpha value is -1.72. The molecule has 0 aromatic carbocycles. The number of hydrogen-bond donors (Lipinski definition) is 1. The van der Waals surface area contributed by atoms with Crippen molar-refractivity contribution in [3.63, 3.8) is 0 Å². The molecule has 6 nitrogen and oxygen atoms in total. The van der Waals surface area contributed by atoms with Crippen LogP contribution in [0.2, 0.25) is 0 Å². The van der Waals surface area contributed by atoms with E-state index in [1.807, 2.05) is 20.8 Å². The minimum Gasteiger partial charge on any atom is -0.444 e. The molecule has 2 amide bonds. The molecule has 2 rings (SSSR count). The largest absolute Gasteiger partial charge is 0.444 e. The molecule has 1 atom stereocenters. The Bertz CT molecular complexity index is 400. The summed E-state index contributed by atoms with van der Waals surface area (Å²) >= 11 is 0. The van der Waals surface area contributed by atoms with Crippen LogP contribution in [0, 0.1) is 0 Å². The van der Waals surface area contributed by atoms with Gasteiger partial charge in [0, 0.05) is 18.9 Å². The summed E-state index contributed by atoms with van der Waals surface area (Å²) in [5.41, 5.74) is -0.539. The summed E-state index contributed by atoms with van der Waals surface area (Å²) in [6.45, 7) is 6.52. The quantitative estimate of drug-likeness (QED) is 0.776. The molecule has 1 fully saturated rings. The number of carbonyl (C=O) groups is 2. The van der Waals surface area contributed by atoms with Gasteiger partial charge in [-0.3, -0.25) is 14.6 Å². The van der Waals surface area contributed by atoms with E-state index in [9.17, 15) is 9.59 Å². The number of rotatable bonds is 1. The van der Waals surface area contributed by atoms with E-state index in [0.29, 0.717) is 19.6 Å². The van der Waals surface area contributed by atoms with Crippen molar-refractivity contribution in [3.8, 4) is 0 Å². The predicted molar refractivity (Wildman–Crippen MR) is 70.0 cm³/mol. The van der Waals surface area contributed by atoms with Crippen LogP contribution >= 0.6 is 0 Å². The Balaban J connectivity index is 2.02. The second-order valence-corrected chi connectivity index (χ2v) is 5.82. The zero-order valence-corrected chi connectivity index (χ0v) is 11.7. The third-order valence-electron chi connectivity index (χ3n) is 3.08. The first-order valence-corrected chi connectivity index (χ1v) is 6.59. The number of nitrogens with zero attached hydrogens (tertiary/aromatic N) is 2. The maximum absolute atomic E-state index is 12.3. The molecule has 1 N–H and O–H groups in total. The zero-order valence-electron chi connectivity index (χ0n) is 11.7. The monoisotopic (exact) mass is 267 g/mol. The van der Waals surface area contributed by atoms with Crippen LogP contribution in [0.3, 0.4) is 0 Å². The first kappa shape index (κ1) is 13.7. The van der Waals surface area contributed by atoms with E-state index in [4.69, 9.17) is 4.74 Å². The molecule has 2 aliphatic heterocycles. The van der Waals surface area contributed by atoms with E-state index in [-0.39, 0.29) is 5.91 Å². The second-order valence-electron chi connectivity index (χ2n) is 5.82. The lowest BCUT2D eigenvalue weighted by Crippen LogP contribution is -2.48. The van der Waals surface area contributed by atoms with Crippen LogP contribution in [0.15, 0.2) is 12.4 Å². The van der Waals surface area contributed by atoms with Crippen LogP contribution in [-0.4, -0.2) is 46.7 Å². The molecule has 2 heterocycles. The van der Waals surface area contributed by atoms with E-state index in [1.165, 1.54) is 0 Å². The topological polar surface area (TPSA) is 61.9 Å². The summed E-state index contributed by atoms with van der Waals surface area (Å²) in [7, 11) is 0. The Labute approximate surface area is 113 Å². The highest BCUT2D eigenvalue weighted by atomic mass is 16.6. The van der Waals surface area contributed by atoms with Gasteiger partial charge in [-0.25, -0.2) is 4.79 Å². The highest BCUT2D eigenvalue weighted by Crippen LogP contribution is 2.22. The Kier molecular flexibility index (Phi) is 3.68. The fraction of sp³-hybridized carbons (Fsp3) is 0.692. The molecule has 0 saturated carbocycles. The Morgan fingerprint density at radius 3 is 2.68 bits per heavy atom. The van der Waals surface area contributed by atoms with Crippen LogP contribution in [0.4, 0.5) is 4.79 Å². The van der Waals surface area contributed by atoms with E-state index in [1.54, 1.807) is 22.2 Å². The normalized spacial score (nSPS) is 22.6. The highest BCUT2D eigenvalue weighted by Gasteiger charge is 2.38. The van der Waals surface area contributed by atoms with E-state index in [2.05, 4.69) is 5.32 Å². The van der Waals surface area contributed by atoms with Crippen molar-refractivity contribution in [2.75, 3.05) is 13.2 Å². The van der Waals surface area contributed by atoms with Crippen molar-refractivity contribution in [2.24, 2.45) is 0 Å². The zero-order chi connectivity index (χ0) is 14.0. The molecule has 0 bridgehead atoms. The first-order chi connectivity index (χ1) is 8.88. The van der Waals surface area contributed by atoms with Crippen LogP contribution in [0.5, 0.6) is 0 Å². The summed E-state index contributed by atoms with van der Waals surface area (Å²) in [5.74, 6) is -0.0513. The summed E-state index contributed by atoms with van der Waals surface area (Å²) in [4.78, 5) is 27.5. The molecule has 0 aromatic rings. The summed E-state index contributed by atoms with van der Waals surface area (Å²) < 4.78 is 5.35. The van der Waals surface area contributed by atoms with Crippen LogP contribution in [0.1, 0.15) is 33.6 Å². The Morgan fingerprint density at radius 2 is 2.11 bits per heavy atom. The number of hydrogen-bond acceptors (Lipinski definition) is 4. The lowest BCUT2D eigenvalue weighted by molar-refractivity contribution is -0.133. The summed E-state index contributed by atoms with van der Waals surface area (Å²) in [5, 5.41) is 2.95. The molecule has 0 spiro atoms. The van der Waals surface area contributed by atoms with Crippen molar-refractivity contribution < 1.29 is 14.3 Å². The summed E-state index contributed by atoms with van der Waals surface area (Å²) in [6.07, 6.45) is 4.56. The maximum Gasteiger partial charge on any atom is 0.410 e. The van der Waals surface area contributed by atoms with E-state index in [0.717, 1.165) is 6.42 Å². The van der Waals surface area contributed by atoms with Crippen molar-refractivity contribution in [1.82, 2.24) is 15.1 Å². The fourth-order valence-electron chi connectivity index (χ4n) is 2.25. The number of ether oxygens (including phenoxy) is 1. The molecule has 1 saturated heterocycles. The van der Waals surface area contributed by atoms with Gasteiger partial charge < -0.3 is 10.1 Å². The lowest BCUT2D eigenvalue weighted by Gasteiger charge is -2.29. The SMILES string of the molecule is CC(C)(C)OC(=O)N1CCC[C@H]1C(=O)N1C=CNC1. The molecule has 6 heteroatoms. The van der Waals surface area contributed by atoms with Crippen LogP contribution in [0.25, 0.3) is 0 Å². The average Bonchev–Trinajstić information content (AvgIpc) is 2.97. The molecule has 0 radical (unpaired) electrons. The van der Waals surface area contributed by atoms with Crippen LogP contribution in [-0.2, 0) is 9.53 Å². The fourth-order valence-corrected chi connectivity index (χ4v) is 2.25. The molecule has 2 aliphatic rings. The molecule has 0 aliphatic carbocycles. The first-order valence-electron chi connectivity index (χ1n) is 6.59. The number of amides is 2. The number of nitrogens with one attached hydrogen (secondary N) is 1. The number of likely N-dealkylation sites (tertiary alicyclic amines) is 1. The third kappa shape index (κ3) is 3.19. The Morgan fingerprint density at radius 1 is 1.37 bits per heavy atom. The highest BCUT2D eigenvalue weighted by molar-refractivity contribution is 5.87. The smallest absolute Gasteiger partial charge is 0.410 e. The maximum atomic E-state index is 12.3. The van der Waals surface area contributed by atoms with Gasteiger partial charge in [0.2, 0.25) is 0 Å². The molecule has 0 unspecified atom stereocenters. The van der Waals surface area contributed by atoms with Crippen molar-refractivity contribution in [1.29, 1.82) is 0 Å². The van der Waals surface area contributed by atoms with Gasteiger partial charge in [0.1, 0.15) is 11.6 Å². The van der Waals surface area contributed by atoms with Crippen molar-refractivity contribution in [3.05, 3.63) is 12.4 Å². The van der Waals surface area contributed by atoms with Gasteiger partial charge in [-0.15, -0.1) is 0 Å². The van der Waals surface area contributed by atoms with Gasteiger partial charge in [0.15, 0.2) is 0 Å². The number of carbonyl (C=O) groups excluding carboxylic acids is 2. The molecule has 106 valence electrons. The van der Waals surface area contributed by atoms with Crippen molar-refractivity contribution >= 4 is 12.0 Å². The van der Waals surface area contributed by atoms with Gasteiger partial charge >= 0.3 is 6.09 Å². The van der Waals surface area contributed by atoms with E-state index >= 15 is 0 Å². The van der Waals surface area contributed by atoms with Gasteiger partial charge in [-0.2, -0.15) is 0 Å². The molecule has 19 heavy (non-hydrogen) atoms. The average molecular weight is 267 g/mol. The van der Waals surface area contributed by atoms with Crippen LogP contribution < -0.4 is 5.32 Å². The minimum atomic E-state index is -0.539. The van der Waals surface area contributed by atoms with Gasteiger partial charge in [0.25, 0.3) is 5.91 Å². The van der Waals surface area contributed by atoms with Crippen molar-refractivity contribution in [2.45, 2.75) is 45.3 Å². The second kappa shape index (κ2) is 5.11. The lowest BCUT2D eigenvalue weighted by atomic mass is 10.2. The van der Waals surface area contributed by atoms with E-state index < -0.39 is 17.7 Å². The summed E-state index contributed by atoms with van der Waals surface area (Å²) in [6, 6.07) is -0.403. The van der Waals surface area contributed by atoms with Gasteiger partial charge in [-0.1, -0.05) is 0 Å². The van der Waals surface area contributed by atoms with Gasteiger partial charge in [-0.05, 0) is 33.6 Å². The standard InChI is InChI=1S/C13H21N3O3/c1-13(2,3)19-12(18)16-7-4-5-10(16)11(17)15-8-6-14-9-15/h6,8,10,14H,4-5,7,9H2,1-3H3/t10-/m0/s1. The third-order valence-corrected chi connectivity index (χ3v) is 3.08. The van der Waals surface area contributed by atoms with Gasteiger partial charge in [0.05, 0.1) is 6.67 Å². The molecule has 0 aromatic heterocycles. The predicted octanol–water partition coefficient (Wildman–Crippen LogP) is 1.25. The molecular formula is C13H21N3O3.